The molecule has 0 amide bonds. The van der Waals surface area contributed by atoms with Crippen LogP contribution in [0.5, 0.6) is 0 Å². The summed E-state index contributed by atoms with van der Waals surface area (Å²) in [6.45, 7) is 10.3. The lowest BCUT2D eigenvalue weighted by Gasteiger charge is -2.31. The van der Waals surface area contributed by atoms with Crippen molar-refractivity contribution in [1.82, 2.24) is 10.2 Å². The van der Waals surface area contributed by atoms with Crippen LogP contribution in [0.2, 0.25) is 0 Å². The third kappa shape index (κ3) is 2.77. The van der Waals surface area contributed by atoms with E-state index in [9.17, 15) is 0 Å². The Labute approximate surface area is 116 Å². The molecule has 0 aromatic heterocycles. The zero-order chi connectivity index (χ0) is 13.1. The fourth-order valence-corrected chi connectivity index (χ4v) is 3.21. The maximum absolute atomic E-state index is 3.44. The summed E-state index contributed by atoms with van der Waals surface area (Å²) in [5.74, 6) is 0. The van der Waals surface area contributed by atoms with Crippen molar-refractivity contribution in [2.45, 2.75) is 32.9 Å². The lowest BCUT2D eigenvalue weighted by molar-refractivity contribution is 0.279. The molecule has 0 bridgehead atoms. The monoisotopic (exact) mass is 259 g/mol. The number of benzene rings is 1. The molecule has 2 aliphatic heterocycles. The molecule has 0 saturated carbocycles. The predicted octanol–water partition coefficient (Wildman–Crippen LogP) is 2.21. The van der Waals surface area contributed by atoms with Gasteiger partial charge in [-0.1, -0.05) is 25.5 Å². The molecule has 3 heteroatoms. The molecule has 19 heavy (non-hydrogen) atoms. The summed E-state index contributed by atoms with van der Waals surface area (Å²) in [6, 6.07) is 6.86. The predicted molar refractivity (Wildman–Crippen MR) is 80.5 cm³/mol. The van der Waals surface area contributed by atoms with Crippen molar-refractivity contribution in [3.63, 3.8) is 0 Å². The van der Waals surface area contributed by atoms with E-state index in [1.807, 2.05) is 0 Å². The van der Waals surface area contributed by atoms with Gasteiger partial charge < -0.3 is 10.2 Å². The van der Waals surface area contributed by atoms with Gasteiger partial charge >= 0.3 is 0 Å². The van der Waals surface area contributed by atoms with Crippen molar-refractivity contribution in [2.75, 3.05) is 37.6 Å². The summed E-state index contributed by atoms with van der Waals surface area (Å²) in [4.78, 5) is 5.15. The summed E-state index contributed by atoms with van der Waals surface area (Å²) in [5.41, 5.74) is 4.62. The first kappa shape index (κ1) is 12.9. The first-order valence-electron chi connectivity index (χ1n) is 7.67. The Balaban J connectivity index is 1.76. The van der Waals surface area contributed by atoms with Gasteiger partial charge in [0, 0.05) is 45.0 Å². The van der Waals surface area contributed by atoms with Crippen LogP contribution < -0.4 is 10.2 Å². The molecule has 1 saturated heterocycles. The second kappa shape index (κ2) is 5.93. The topological polar surface area (TPSA) is 18.5 Å². The number of rotatable bonds is 4. The Morgan fingerprint density at radius 1 is 1.16 bits per heavy atom. The first-order chi connectivity index (χ1) is 9.38. The number of unbranched alkanes of at least 4 members (excludes halogenated alkanes) is 1. The quantitative estimate of drug-likeness (QED) is 0.894. The van der Waals surface area contributed by atoms with E-state index in [1.54, 1.807) is 11.1 Å². The van der Waals surface area contributed by atoms with Crippen LogP contribution in [0.4, 0.5) is 5.69 Å². The smallest absolute Gasteiger partial charge is 0.0416 e. The maximum Gasteiger partial charge on any atom is 0.0416 e. The highest BCUT2D eigenvalue weighted by Gasteiger charge is 2.23. The highest BCUT2D eigenvalue weighted by Crippen LogP contribution is 2.31. The van der Waals surface area contributed by atoms with Gasteiger partial charge in [-0.25, -0.2) is 0 Å². The molecular weight excluding hydrogens is 234 g/mol. The number of fused-ring (bicyclic) bond motifs is 1. The average Bonchev–Trinajstić information content (AvgIpc) is 2.88. The molecule has 0 unspecified atom stereocenters. The van der Waals surface area contributed by atoms with Gasteiger partial charge in [-0.05, 0) is 30.2 Å². The highest BCUT2D eigenvalue weighted by atomic mass is 15.2. The number of hydrogen-bond donors (Lipinski definition) is 1. The molecule has 1 fully saturated rings. The van der Waals surface area contributed by atoms with E-state index in [0.717, 1.165) is 39.3 Å². The van der Waals surface area contributed by atoms with E-state index < -0.39 is 0 Å². The summed E-state index contributed by atoms with van der Waals surface area (Å²) < 4.78 is 0. The molecule has 1 N–H and O–H groups in total. The van der Waals surface area contributed by atoms with Crippen LogP contribution in [-0.2, 0) is 13.1 Å². The van der Waals surface area contributed by atoms with Crippen molar-refractivity contribution in [2.24, 2.45) is 0 Å². The normalized spacial score (nSPS) is 19.7. The van der Waals surface area contributed by atoms with Crippen LogP contribution in [0.15, 0.2) is 18.2 Å². The summed E-state index contributed by atoms with van der Waals surface area (Å²) in [6.07, 6.45) is 2.61. The Hall–Kier alpha value is -1.06. The lowest BCUT2D eigenvalue weighted by Crippen LogP contribution is -2.43. The van der Waals surface area contributed by atoms with Crippen LogP contribution >= 0.6 is 0 Å². The average molecular weight is 259 g/mol. The molecule has 2 heterocycles. The van der Waals surface area contributed by atoms with Gasteiger partial charge in [-0.15, -0.1) is 0 Å². The SMILES string of the molecule is CCCCN1Cc2cccc(N3CCNCC3)c2C1. The second-order valence-corrected chi connectivity index (χ2v) is 5.72. The van der Waals surface area contributed by atoms with Gasteiger partial charge in [0.2, 0.25) is 0 Å². The van der Waals surface area contributed by atoms with Crippen molar-refractivity contribution in [1.29, 1.82) is 0 Å². The maximum atomic E-state index is 3.44. The van der Waals surface area contributed by atoms with Crippen LogP contribution in [0.3, 0.4) is 0 Å². The van der Waals surface area contributed by atoms with Gasteiger partial charge in [0.05, 0.1) is 0 Å². The van der Waals surface area contributed by atoms with Crippen molar-refractivity contribution in [3.05, 3.63) is 29.3 Å². The minimum atomic E-state index is 1.11. The van der Waals surface area contributed by atoms with E-state index >= 15 is 0 Å². The van der Waals surface area contributed by atoms with Crippen LogP contribution in [0.25, 0.3) is 0 Å². The number of nitrogens with one attached hydrogen (secondary N) is 1. The molecule has 3 nitrogen and oxygen atoms in total. The van der Waals surface area contributed by atoms with Crippen LogP contribution in [0, 0.1) is 0 Å². The van der Waals surface area contributed by atoms with Gasteiger partial charge in [-0.3, -0.25) is 4.90 Å². The zero-order valence-electron chi connectivity index (χ0n) is 12.0. The van der Waals surface area contributed by atoms with Gasteiger partial charge in [0.25, 0.3) is 0 Å². The fraction of sp³-hybridized carbons (Fsp3) is 0.625. The first-order valence-corrected chi connectivity index (χ1v) is 7.67. The molecule has 104 valence electrons. The van der Waals surface area contributed by atoms with Gasteiger partial charge in [0.1, 0.15) is 0 Å². The van der Waals surface area contributed by atoms with Crippen molar-refractivity contribution >= 4 is 5.69 Å². The summed E-state index contributed by atoms with van der Waals surface area (Å²) in [5, 5.41) is 3.44. The lowest BCUT2D eigenvalue weighted by atomic mass is 10.1. The van der Waals surface area contributed by atoms with Crippen molar-refractivity contribution in [3.8, 4) is 0 Å². The molecule has 1 aromatic carbocycles. The minimum absolute atomic E-state index is 1.11. The number of nitrogens with zero attached hydrogens (tertiary/aromatic N) is 2. The van der Waals surface area contributed by atoms with E-state index in [1.165, 1.54) is 25.1 Å². The minimum Gasteiger partial charge on any atom is -0.369 e. The Bertz CT molecular complexity index is 424. The fourth-order valence-electron chi connectivity index (χ4n) is 3.21. The standard InChI is InChI=1S/C16H25N3/c1-2-3-9-18-12-14-5-4-6-16(15(14)13-18)19-10-7-17-8-11-19/h4-6,17H,2-3,7-13H2,1H3. The molecule has 3 rings (SSSR count). The number of hydrogen-bond acceptors (Lipinski definition) is 3. The third-order valence-corrected chi connectivity index (χ3v) is 4.31. The third-order valence-electron chi connectivity index (χ3n) is 4.31. The van der Waals surface area contributed by atoms with E-state index in [4.69, 9.17) is 0 Å². The number of anilines is 1. The van der Waals surface area contributed by atoms with Gasteiger partial charge in [-0.2, -0.15) is 0 Å². The second-order valence-electron chi connectivity index (χ2n) is 5.72. The van der Waals surface area contributed by atoms with E-state index in [0.29, 0.717) is 0 Å². The molecule has 0 atom stereocenters. The molecular formula is C16H25N3. The molecule has 1 aromatic rings. The number of piperazine rings is 1. The Morgan fingerprint density at radius 3 is 2.79 bits per heavy atom. The highest BCUT2D eigenvalue weighted by molar-refractivity contribution is 5.58. The molecule has 0 radical (unpaired) electrons. The molecule has 0 aliphatic carbocycles. The zero-order valence-corrected chi connectivity index (χ0v) is 12.0. The van der Waals surface area contributed by atoms with E-state index in [2.05, 4.69) is 40.2 Å². The summed E-state index contributed by atoms with van der Waals surface area (Å²) >= 11 is 0. The van der Waals surface area contributed by atoms with Crippen LogP contribution in [0.1, 0.15) is 30.9 Å². The molecule has 0 spiro atoms. The molecule has 2 aliphatic rings. The largest absolute Gasteiger partial charge is 0.369 e. The van der Waals surface area contributed by atoms with Gasteiger partial charge in [0.15, 0.2) is 0 Å². The van der Waals surface area contributed by atoms with Crippen molar-refractivity contribution < 1.29 is 0 Å². The summed E-state index contributed by atoms with van der Waals surface area (Å²) in [7, 11) is 0. The van der Waals surface area contributed by atoms with Crippen LogP contribution in [-0.4, -0.2) is 37.6 Å². The van der Waals surface area contributed by atoms with E-state index in [-0.39, 0.29) is 0 Å². The Morgan fingerprint density at radius 2 is 2.00 bits per heavy atom. The Kier molecular flexibility index (Phi) is 4.04.